The molecule has 1 amide bonds. The molecule has 0 saturated carbocycles. The maximum Gasteiger partial charge on any atom is 0.240 e. The topological polar surface area (TPSA) is 32.8 Å². The number of thioether (sulfide) groups is 1. The maximum absolute atomic E-state index is 13.0. The van der Waals surface area contributed by atoms with Crippen LogP contribution in [0.5, 0.6) is 0 Å². The summed E-state index contributed by atoms with van der Waals surface area (Å²) in [6.07, 6.45) is 2.20. The minimum absolute atomic E-state index is 0.0284. The van der Waals surface area contributed by atoms with Gasteiger partial charge < -0.3 is 9.64 Å². The largest absolute Gasteiger partial charge is 0.376 e. The first kappa shape index (κ1) is 17.1. The molecule has 2 heterocycles. The summed E-state index contributed by atoms with van der Waals surface area (Å²) in [5, 5.41) is 0.535. The number of amides is 1. The zero-order chi connectivity index (χ0) is 15.4. The van der Waals surface area contributed by atoms with Crippen LogP contribution in [-0.4, -0.2) is 71.1 Å². The highest BCUT2D eigenvalue weighted by Gasteiger charge is 2.36. The van der Waals surface area contributed by atoms with Crippen LogP contribution in [0.3, 0.4) is 0 Å². The Bertz CT molecular complexity index is 353. The van der Waals surface area contributed by atoms with Crippen LogP contribution in [0.4, 0.5) is 0 Å². The lowest BCUT2D eigenvalue weighted by Crippen LogP contribution is -2.58. The lowest BCUT2D eigenvalue weighted by atomic mass is 10.1. The average molecular weight is 314 g/mol. The van der Waals surface area contributed by atoms with Crippen molar-refractivity contribution in [2.45, 2.75) is 64.0 Å². The van der Waals surface area contributed by atoms with E-state index in [-0.39, 0.29) is 12.1 Å². The fourth-order valence-corrected chi connectivity index (χ4v) is 4.40. The van der Waals surface area contributed by atoms with E-state index in [1.54, 1.807) is 0 Å². The first-order valence-electron chi connectivity index (χ1n) is 8.36. The molecule has 0 N–H and O–H groups in total. The van der Waals surface area contributed by atoms with Gasteiger partial charge in [0.2, 0.25) is 5.91 Å². The Labute approximate surface area is 133 Å². The normalized spacial score (nSPS) is 33.0. The van der Waals surface area contributed by atoms with Crippen LogP contribution in [0.1, 0.15) is 40.5 Å². The fraction of sp³-hybridized carbons (Fsp3) is 0.938. The van der Waals surface area contributed by atoms with Crippen LogP contribution in [-0.2, 0) is 9.53 Å². The Hall–Kier alpha value is -0.260. The van der Waals surface area contributed by atoms with E-state index in [0.717, 1.165) is 44.8 Å². The Balaban J connectivity index is 2.03. The van der Waals surface area contributed by atoms with Crippen LogP contribution < -0.4 is 0 Å². The zero-order valence-corrected chi connectivity index (χ0v) is 14.7. The number of morpholine rings is 1. The molecule has 0 bridgehead atoms. The first-order valence-corrected chi connectivity index (χ1v) is 9.41. The quantitative estimate of drug-likeness (QED) is 0.797. The third-order valence-corrected chi connectivity index (χ3v) is 6.24. The van der Waals surface area contributed by atoms with Gasteiger partial charge in [-0.3, -0.25) is 9.69 Å². The van der Waals surface area contributed by atoms with Gasteiger partial charge in [-0.05, 0) is 19.8 Å². The van der Waals surface area contributed by atoms with Crippen LogP contribution >= 0.6 is 11.8 Å². The van der Waals surface area contributed by atoms with Gasteiger partial charge in [-0.1, -0.05) is 20.8 Å². The predicted molar refractivity (Wildman–Crippen MR) is 88.8 cm³/mol. The SMILES string of the molecule is CC[C@@H]1CN([C@H](CC)C(=O)N2CCS[C@@H](C)[C@H]2C)CCO1. The lowest BCUT2D eigenvalue weighted by Gasteiger charge is -2.43. The van der Waals surface area contributed by atoms with E-state index in [4.69, 9.17) is 4.74 Å². The van der Waals surface area contributed by atoms with Crippen LogP contribution in [0, 0.1) is 0 Å². The number of carbonyl (C=O) groups is 1. The number of ether oxygens (including phenoxy) is 1. The minimum atomic E-state index is 0.0284. The Morgan fingerprint density at radius 2 is 2.10 bits per heavy atom. The standard InChI is InChI=1S/C16H30N2O2S/c1-5-14-11-17(7-9-20-14)15(6-2)16(19)18-8-10-21-13(4)12(18)3/h12-15H,5-11H2,1-4H3/t12-,13+,14-,15-/m1/s1. The van der Waals surface area contributed by atoms with E-state index in [1.807, 2.05) is 11.8 Å². The summed E-state index contributed by atoms with van der Waals surface area (Å²) in [5.41, 5.74) is 0. The second-order valence-electron chi connectivity index (χ2n) is 6.17. The molecule has 4 nitrogen and oxygen atoms in total. The third kappa shape index (κ3) is 3.93. The Kier molecular flexibility index (Phi) is 6.38. The highest BCUT2D eigenvalue weighted by molar-refractivity contribution is 8.00. The van der Waals surface area contributed by atoms with E-state index < -0.39 is 0 Å². The van der Waals surface area contributed by atoms with E-state index in [0.29, 0.717) is 17.2 Å². The molecule has 0 unspecified atom stereocenters. The van der Waals surface area contributed by atoms with Crippen molar-refractivity contribution in [3.8, 4) is 0 Å². The molecule has 0 aromatic heterocycles. The van der Waals surface area contributed by atoms with Crippen molar-refractivity contribution in [1.82, 2.24) is 9.80 Å². The predicted octanol–water partition coefficient (Wildman–Crippen LogP) is 2.23. The summed E-state index contributed by atoms with van der Waals surface area (Å²) in [7, 11) is 0. The number of hydrogen-bond acceptors (Lipinski definition) is 4. The van der Waals surface area contributed by atoms with Gasteiger partial charge in [0, 0.05) is 36.7 Å². The molecule has 2 aliphatic rings. The van der Waals surface area contributed by atoms with Gasteiger partial charge in [-0.25, -0.2) is 0 Å². The molecule has 4 atom stereocenters. The first-order chi connectivity index (χ1) is 10.1. The Morgan fingerprint density at radius 1 is 1.33 bits per heavy atom. The van der Waals surface area contributed by atoms with Gasteiger partial charge in [0.05, 0.1) is 18.8 Å². The summed E-state index contributed by atoms with van der Waals surface area (Å²) in [6.45, 7) is 12.1. The molecule has 0 spiro atoms. The van der Waals surface area contributed by atoms with Gasteiger partial charge in [0.15, 0.2) is 0 Å². The molecule has 2 aliphatic heterocycles. The number of carbonyl (C=O) groups excluding carboxylic acids is 1. The molecular weight excluding hydrogens is 284 g/mol. The van der Waals surface area contributed by atoms with E-state index in [1.165, 1.54) is 0 Å². The molecule has 21 heavy (non-hydrogen) atoms. The van der Waals surface area contributed by atoms with Crippen molar-refractivity contribution < 1.29 is 9.53 Å². The van der Waals surface area contributed by atoms with Crippen molar-refractivity contribution in [1.29, 1.82) is 0 Å². The number of rotatable bonds is 4. The molecular formula is C16H30N2O2S. The van der Waals surface area contributed by atoms with Gasteiger partial charge in [0.1, 0.15) is 0 Å². The van der Waals surface area contributed by atoms with Crippen molar-refractivity contribution in [3.63, 3.8) is 0 Å². The highest BCUT2D eigenvalue weighted by atomic mass is 32.2. The molecule has 0 aromatic carbocycles. The van der Waals surface area contributed by atoms with E-state index >= 15 is 0 Å². The third-order valence-electron chi connectivity index (χ3n) is 4.91. The summed E-state index contributed by atoms with van der Waals surface area (Å²) in [6, 6.07) is 0.369. The maximum atomic E-state index is 13.0. The fourth-order valence-electron chi connectivity index (χ4n) is 3.30. The van der Waals surface area contributed by atoms with Crippen LogP contribution in [0.15, 0.2) is 0 Å². The summed E-state index contributed by atoms with van der Waals surface area (Å²) >= 11 is 1.98. The smallest absolute Gasteiger partial charge is 0.240 e. The summed E-state index contributed by atoms with van der Waals surface area (Å²) < 4.78 is 5.75. The minimum Gasteiger partial charge on any atom is -0.376 e. The summed E-state index contributed by atoms with van der Waals surface area (Å²) in [4.78, 5) is 17.5. The van der Waals surface area contributed by atoms with Crippen molar-refractivity contribution in [2.24, 2.45) is 0 Å². The van der Waals surface area contributed by atoms with Crippen LogP contribution in [0.2, 0.25) is 0 Å². The average Bonchev–Trinajstić information content (AvgIpc) is 2.51. The molecule has 2 saturated heterocycles. The molecule has 0 aliphatic carbocycles. The zero-order valence-electron chi connectivity index (χ0n) is 13.9. The van der Waals surface area contributed by atoms with Gasteiger partial charge >= 0.3 is 0 Å². The summed E-state index contributed by atoms with van der Waals surface area (Å²) in [5.74, 6) is 1.39. The molecule has 0 radical (unpaired) electrons. The van der Waals surface area contributed by atoms with Gasteiger partial charge in [-0.15, -0.1) is 0 Å². The van der Waals surface area contributed by atoms with Crippen LogP contribution in [0.25, 0.3) is 0 Å². The molecule has 0 aromatic rings. The molecule has 2 rings (SSSR count). The van der Waals surface area contributed by atoms with Crippen molar-refractivity contribution in [2.75, 3.05) is 32.0 Å². The van der Waals surface area contributed by atoms with Crippen molar-refractivity contribution >= 4 is 17.7 Å². The molecule has 5 heteroatoms. The second-order valence-corrected chi connectivity index (χ2v) is 7.65. The van der Waals surface area contributed by atoms with E-state index in [2.05, 4.69) is 37.5 Å². The van der Waals surface area contributed by atoms with E-state index in [9.17, 15) is 4.79 Å². The van der Waals surface area contributed by atoms with Crippen molar-refractivity contribution in [3.05, 3.63) is 0 Å². The van der Waals surface area contributed by atoms with Gasteiger partial charge in [0.25, 0.3) is 0 Å². The second kappa shape index (κ2) is 7.84. The van der Waals surface area contributed by atoms with Gasteiger partial charge in [-0.2, -0.15) is 11.8 Å². The lowest BCUT2D eigenvalue weighted by molar-refractivity contribution is -0.142. The number of hydrogen-bond donors (Lipinski definition) is 0. The molecule has 2 fully saturated rings. The monoisotopic (exact) mass is 314 g/mol. The number of nitrogens with zero attached hydrogens (tertiary/aromatic N) is 2. The Morgan fingerprint density at radius 3 is 2.76 bits per heavy atom. The molecule has 122 valence electrons. The highest BCUT2D eigenvalue weighted by Crippen LogP contribution is 2.26.